The summed E-state index contributed by atoms with van der Waals surface area (Å²) in [6.07, 6.45) is 1.81. The van der Waals surface area contributed by atoms with E-state index in [0.717, 1.165) is 12.8 Å². The molecule has 7 heteroatoms. The average molecular weight is 362 g/mol. The smallest absolute Gasteiger partial charge is 0.150 e. The molecule has 1 aromatic heterocycles. The zero-order valence-electron chi connectivity index (χ0n) is 13.0. The second kappa shape index (κ2) is 6.05. The first-order valence-corrected chi connectivity index (χ1v) is 8.18. The molecule has 0 aromatic carbocycles. The predicted octanol–water partition coefficient (Wildman–Crippen LogP) is 4.63. The van der Waals surface area contributed by atoms with Gasteiger partial charge in [0, 0.05) is 17.1 Å². The molecule has 2 heterocycles. The average Bonchev–Trinajstić information content (AvgIpc) is 2.32. The van der Waals surface area contributed by atoms with Crippen LogP contribution in [0.25, 0.3) is 0 Å². The quantitative estimate of drug-likeness (QED) is 0.754. The van der Waals surface area contributed by atoms with Gasteiger partial charge in [-0.05, 0) is 40.5 Å². The number of nitriles is 1. The lowest BCUT2D eigenvalue weighted by atomic mass is 9.79. The SMILES string of the molecule is CC1(C)CC(Nc2nc(Cl)c(C#N)c(Cl)c2Cl)CC(C)(C)N1. The van der Waals surface area contributed by atoms with Gasteiger partial charge < -0.3 is 10.6 Å². The summed E-state index contributed by atoms with van der Waals surface area (Å²) in [5.41, 5.74) is 0.0860. The van der Waals surface area contributed by atoms with Crippen molar-refractivity contribution < 1.29 is 0 Å². The van der Waals surface area contributed by atoms with Crippen molar-refractivity contribution in [1.82, 2.24) is 10.3 Å². The Balaban J connectivity index is 2.30. The second-order valence-electron chi connectivity index (χ2n) is 7.01. The van der Waals surface area contributed by atoms with E-state index in [1.54, 1.807) is 0 Å². The third kappa shape index (κ3) is 3.78. The summed E-state index contributed by atoms with van der Waals surface area (Å²) in [4.78, 5) is 4.19. The van der Waals surface area contributed by atoms with E-state index in [-0.39, 0.29) is 37.9 Å². The normalized spacial score (nSPS) is 20.5. The monoisotopic (exact) mass is 360 g/mol. The van der Waals surface area contributed by atoms with Gasteiger partial charge in [-0.1, -0.05) is 34.8 Å². The highest BCUT2D eigenvalue weighted by molar-refractivity contribution is 6.45. The predicted molar refractivity (Wildman–Crippen MR) is 91.9 cm³/mol. The van der Waals surface area contributed by atoms with Gasteiger partial charge in [0.25, 0.3) is 0 Å². The second-order valence-corrected chi connectivity index (χ2v) is 8.12. The topological polar surface area (TPSA) is 60.7 Å². The zero-order chi connectivity index (χ0) is 16.7. The third-order valence-electron chi connectivity index (χ3n) is 3.68. The van der Waals surface area contributed by atoms with Gasteiger partial charge in [0.15, 0.2) is 5.15 Å². The van der Waals surface area contributed by atoms with Crippen LogP contribution in [0.1, 0.15) is 46.1 Å². The summed E-state index contributed by atoms with van der Waals surface area (Å²) in [5, 5.41) is 16.4. The Morgan fingerprint density at radius 2 is 1.68 bits per heavy atom. The molecule has 0 unspecified atom stereocenters. The number of aromatic nitrogens is 1. The molecule has 0 bridgehead atoms. The maximum absolute atomic E-state index is 9.03. The van der Waals surface area contributed by atoms with Gasteiger partial charge in [0.1, 0.15) is 22.5 Å². The van der Waals surface area contributed by atoms with Crippen molar-refractivity contribution in [2.24, 2.45) is 0 Å². The Morgan fingerprint density at radius 1 is 1.14 bits per heavy atom. The zero-order valence-corrected chi connectivity index (χ0v) is 15.3. The van der Waals surface area contributed by atoms with Crippen molar-refractivity contribution in [2.45, 2.75) is 57.7 Å². The number of nitrogens with one attached hydrogen (secondary N) is 2. The molecule has 2 rings (SSSR count). The first kappa shape index (κ1) is 17.6. The van der Waals surface area contributed by atoms with E-state index in [1.165, 1.54) is 0 Å². The number of hydrogen-bond donors (Lipinski definition) is 2. The van der Waals surface area contributed by atoms with Crippen LogP contribution in [0.4, 0.5) is 5.82 Å². The van der Waals surface area contributed by atoms with Gasteiger partial charge in [-0.3, -0.25) is 0 Å². The third-order valence-corrected chi connectivity index (χ3v) is 4.80. The molecule has 0 amide bonds. The van der Waals surface area contributed by atoms with Crippen molar-refractivity contribution in [3.63, 3.8) is 0 Å². The Labute approximate surface area is 146 Å². The molecule has 22 heavy (non-hydrogen) atoms. The van der Waals surface area contributed by atoms with Crippen molar-refractivity contribution in [3.05, 3.63) is 20.8 Å². The fourth-order valence-electron chi connectivity index (χ4n) is 3.32. The number of halogens is 3. The molecule has 4 nitrogen and oxygen atoms in total. The summed E-state index contributed by atoms with van der Waals surface area (Å²) in [6, 6.07) is 2.09. The standard InChI is InChI=1S/C15H19Cl3N4/c1-14(2)5-8(6-15(3,4)22-14)20-13-11(17)10(16)9(7-19)12(18)21-13/h8,22H,5-6H2,1-4H3,(H,20,21). The van der Waals surface area contributed by atoms with E-state index in [2.05, 4.69) is 43.3 Å². The van der Waals surface area contributed by atoms with E-state index in [9.17, 15) is 0 Å². The molecular weight excluding hydrogens is 343 g/mol. The lowest BCUT2D eigenvalue weighted by Crippen LogP contribution is -2.60. The number of anilines is 1. The lowest BCUT2D eigenvalue weighted by Gasteiger charge is -2.46. The van der Waals surface area contributed by atoms with E-state index < -0.39 is 0 Å². The van der Waals surface area contributed by atoms with E-state index in [4.69, 9.17) is 40.1 Å². The van der Waals surface area contributed by atoms with Gasteiger partial charge in [-0.2, -0.15) is 5.26 Å². The van der Waals surface area contributed by atoms with Crippen LogP contribution in [-0.4, -0.2) is 22.1 Å². The van der Waals surface area contributed by atoms with Crippen LogP contribution >= 0.6 is 34.8 Å². The highest BCUT2D eigenvalue weighted by Gasteiger charge is 2.38. The molecule has 0 atom stereocenters. The minimum absolute atomic E-state index is 0.00786. The fraction of sp³-hybridized carbons (Fsp3) is 0.600. The minimum Gasteiger partial charge on any atom is -0.366 e. The van der Waals surface area contributed by atoms with Crippen LogP contribution in [-0.2, 0) is 0 Å². The van der Waals surface area contributed by atoms with Crippen LogP contribution in [0.2, 0.25) is 15.2 Å². The molecule has 0 saturated carbocycles. The molecule has 0 aliphatic carbocycles. The van der Waals surface area contributed by atoms with Crippen LogP contribution in [0.3, 0.4) is 0 Å². The summed E-state index contributed by atoms with van der Waals surface area (Å²) < 4.78 is 0. The first-order valence-electron chi connectivity index (χ1n) is 7.05. The van der Waals surface area contributed by atoms with Crippen molar-refractivity contribution in [2.75, 3.05) is 5.32 Å². The summed E-state index contributed by atoms with van der Waals surface area (Å²) >= 11 is 18.3. The summed E-state index contributed by atoms with van der Waals surface area (Å²) in [6.45, 7) is 8.65. The maximum atomic E-state index is 9.03. The number of piperidine rings is 1. The molecular formula is C15H19Cl3N4. The van der Waals surface area contributed by atoms with Crippen molar-refractivity contribution in [1.29, 1.82) is 5.26 Å². The molecule has 1 fully saturated rings. The van der Waals surface area contributed by atoms with Gasteiger partial charge in [0.05, 0.1) is 5.02 Å². The Hall–Kier alpha value is -0.730. The molecule has 1 aliphatic rings. The number of hydrogen-bond acceptors (Lipinski definition) is 4. The highest BCUT2D eigenvalue weighted by Crippen LogP contribution is 2.37. The molecule has 0 spiro atoms. The Bertz CT molecular complexity index is 619. The fourth-order valence-corrected chi connectivity index (χ4v) is 4.00. The molecule has 2 N–H and O–H groups in total. The van der Waals surface area contributed by atoms with Crippen LogP contribution in [0, 0.1) is 11.3 Å². The minimum atomic E-state index is -0.00786. The highest BCUT2D eigenvalue weighted by atomic mass is 35.5. The number of pyridine rings is 1. The first-order chi connectivity index (χ1) is 10.0. The van der Waals surface area contributed by atoms with Crippen LogP contribution in [0.5, 0.6) is 0 Å². The van der Waals surface area contributed by atoms with Crippen molar-refractivity contribution >= 4 is 40.6 Å². The van der Waals surface area contributed by atoms with Gasteiger partial charge in [-0.15, -0.1) is 0 Å². The molecule has 1 saturated heterocycles. The largest absolute Gasteiger partial charge is 0.366 e. The van der Waals surface area contributed by atoms with E-state index in [0.29, 0.717) is 5.82 Å². The Kier molecular flexibility index (Phi) is 4.85. The summed E-state index contributed by atoms with van der Waals surface area (Å²) in [7, 11) is 0. The van der Waals surface area contributed by atoms with Gasteiger partial charge >= 0.3 is 0 Å². The lowest BCUT2D eigenvalue weighted by molar-refractivity contribution is 0.170. The number of rotatable bonds is 2. The molecule has 1 aromatic rings. The Morgan fingerprint density at radius 3 is 2.18 bits per heavy atom. The van der Waals surface area contributed by atoms with Crippen molar-refractivity contribution in [3.8, 4) is 6.07 Å². The molecule has 120 valence electrons. The summed E-state index contributed by atoms with van der Waals surface area (Å²) in [5.74, 6) is 0.425. The van der Waals surface area contributed by atoms with Crippen LogP contribution < -0.4 is 10.6 Å². The van der Waals surface area contributed by atoms with E-state index >= 15 is 0 Å². The number of nitrogens with zero attached hydrogens (tertiary/aromatic N) is 2. The van der Waals surface area contributed by atoms with Gasteiger partial charge in [0.2, 0.25) is 0 Å². The maximum Gasteiger partial charge on any atom is 0.150 e. The van der Waals surface area contributed by atoms with Gasteiger partial charge in [-0.25, -0.2) is 4.98 Å². The molecule has 0 radical (unpaired) electrons. The van der Waals surface area contributed by atoms with Crippen LogP contribution in [0.15, 0.2) is 0 Å². The molecule has 1 aliphatic heterocycles. The van der Waals surface area contributed by atoms with E-state index in [1.807, 2.05) is 6.07 Å².